The molecular weight excluding hydrogens is 407 g/mol. The molecule has 1 unspecified atom stereocenters. The molecule has 2 nitrogen and oxygen atoms in total. The van der Waals surface area contributed by atoms with Crippen molar-refractivity contribution < 1.29 is 49.4 Å². The minimum absolute atomic E-state index is 0.0851. The Labute approximate surface area is 155 Å². The number of rotatable bonds is 9. The molecular formula is C17H19F9O2. The van der Waals surface area contributed by atoms with E-state index in [0.717, 1.165) is 18.6 Å². The fraction of sp³-hybridized carbons (Fsp3) is 0.647. The van der Waals surface area contributed by atoms with E-state index < -0.39 is 41.5 Å². The van der Waals surface area contributed by atoms with E-state index in [1.807, 2.05) is 6.92 Å². The van der Waals surface area contributed by atoms with Gasteiger partial charge in [-0.1, -0.05) is 25.5 Å². The molecule has 0 spiro atoms. The summed E-state index contributed by atoms with van der Waals surface area (Å²) in [6.07, 6.45) is -7.88. The van der Waals surface area contributed by atoms with E-state index in [9.17, 15) is 44.6 Å². The van der Waals surface area contributed by atoms with Crippen molar-refractivity contribution in [2.45, 2.75) is 62.7 Å². The first-order chi connectivity index (χ1) is 12.5. The molecule has 0 aliphatic carbocycles. The van der Waals surface area contributed by atoms with E-state index in [1.54, 1.807) is 0 Å². The number of alkyl halides is 9. The van der Waals surface area contributed by atoms with Crippen LogP contribution in [0.25, 0.3) is 0 Å². The van der Waals surface area contributed by atoms with Gasteiger partial charge in [0.15, 0.2) is 0 Å². The lowest BCUT2D eigenvalue weighted by molar-refractivity contribution is -0.400. The van der Waals surface area contributed by atoms with Crippen LogP contribution in [0.5, 0.6) is 5.75 Å². The van der Waals surface area contributed by atoms with Gasteiger partial charge in [0.25, 0.3) is 0 Å². The summed E-state index contributed by atoms with van der Waals surface area (Å²) >= 11 is 0. The van der Waals surface area contributed by atoms with E-state index in [1.165, 1.54) is 12.1 Å². The summed E-state index contributed by atoms with van der Waals surface area (Å²) in [5.74, 6) is -19.6. The quantitative estimate of drug-likeness (QED) is 0.392. The summed E-state index contributed by atoms with van der Waals surface area (Å²) in [6.45, 7) is 2.70. The van der Waals surface area contributed by atoms with Crippen molar-refractivity contribution in [2.75, 3.05) is 6.61 Å². The van der Waals surface area contributed by atoms with Gasteiger partial charge in [-0.2, -0.15) is 39.5 Å². The van der Waals surface area contributed by atoms with Gasteiger partial charge in [0.05, 0.1) is 18.6 Å². The number of halogens is 9. The fourth-order valence-electron chi connectivity index (χ4n) is 2.31. The van der Waals surface area contributed by atoms with Gasteiger partial charge in [0.1, 0.15) is 5.75 Å². The Kier molecular flexibility index (Phi) is 6.97. The molecule has 0 aromatic heterocycles. The molecule has 1 atom stereocenters. The van der Waals surface area contributed by atoms with Crippen LogP contribution in [-0.4, -0.2) is 35.7 Å². The molecule has 1 rings (SSSR count). The van der Waals surface area contributed by atoms with Crippen molar-refractivity contribution in [3.05, 3.63) is 29.8 Å². The Bertz CT molecular complexity index is 654. The second-order valence-electron chi connectivity index (χ2n) is 6.53. The number of benzene rings is 1. The van der Waals surface area contributed by atoms with Crippen molar-refractivity contribution >= 4 is 0 Å². The summed E-state index contributed by atoms with van der Waals surface area (Å²) in [5.41, 5.74) is -3.26. The topological polar surface area (TPSA) is 29.5 Å². The largest absolute Gasteiger partial charge is 0.494 e. The molecule has 0 aliphatic rings. The number of ether oxygens (including phenoxy) is 1. The minimum Gasteiger partial charge on any atom is -0.494 e. The van der Waals surface area contributed by atoms with E-state index in [4.69, 9.17) is 4.74 Å². The molecule has 1 aromatic rings. The maximum atomic E-state index is 13.8. The zero-order valence-electron chi connectivity index (χ0n) is 14.9. The number of hydrogen-bond donors (Lipinski definition) is 1. The predicted molar refractivity (Wildman–Crippen MR) is 81.9 cm³/mol. The van der Waals surface area contributed by atoms with Crippen LogP contribution < -0.4 is 4.74 Å². The molecule has 0 bridgehead atoms. The van der Waals surface area contributed by atoms with Crippen molar-refractivity contribution in [1.82, 2.24) is 0 Å². The van der Waals surface area contributed by atoms with Crippen molar-refractivity contribution in [1.29, 1.82) is 0 Å². The second kappa shape index (κ2) is 8.00. The van der Waals surface area contributed by atoms with Crippen molar-refractivity contribution in [2.24, 2.45) is 0 Å². The zero-order valence-corrected chi connectivity index (χ0v) is 14.9. The van der Waals surface area contributed by atoms with Gasteiger partial charge in [-0.05, 0) is 31.0 Å². The van der Waals surface area contributed by atoms with Crippen LogP contribution >= 0.6 is 0 Å². The van der Waals surface area contributed by atoms with Gasteiger partial charge in [-0.3, -0.25) is 0 Å². The highest BCUT2D eigenvalue weighted by Gasteiger charge is 2.81. The second-order valence-corrected chi connectivity index (χ2v) is 6.53. The van der Waals surface area contributed by atoms with Gasteiger partial charge in [-0.15, -0.1) is 0 Å². The van der Waals surface area contributed by atoms with Crippen LogP contribution in [-0.2, 0) is 5.60 Å². The number of aliphatic hydroxyl groups is 1. The SMILES string of the molecule is CCCCOc1cccc(C(C)(O)CC(F)(F)C(F)(F)C(F)(F)C(F)(F)F)c1. The molecule has 28 heavy (non-hydrogen) atoms. The fourth-order valence-corrected chi connectivity index (χ4v) is 2.31. The standard InChI is InChI=1S/C17H19F9O2/c1-3-4-8-28-12-7-5-6-11(9-12)13(2,27)10-14(18,19)15(20,21)16(22,23)17(24,25)26/h5-7,9,27H,3-4,8,10H2,1-2H3. The molecule has 0 saturated heterocycles. The highest BCUT2D eigenvalue weighted by atomic mass is 19.4. The highest BCUT2D eigenvalue weighted by Crippen LogP contribution is 2.55. The van der Waals surface area contributed by atoms with Gasteiger partial charge < -0.3 is 9.84 Å². The highest BCUT2D eigenvalue weighted by molar-refractivity contribution is 5.32. The molecule has 0 radical (unpaired) electrons. The molecule has 0 saturated carbocycles. The normalized spacial score (nSPS) is 16.0. The summed E-state index contributed by atoms with van der Waals surface area (Å²) in [7, 11) is 0. The third-order valence-electron chi connectivity index (χ3n) is 4.00. The molecule has 1 aromatic carbocycles. The van der Waals surface area contributed by atoms with Gasteiger partial charge in [0, 0.05) is 0 Å². The molecule has 0 aliphatic heterocycles. The van der Waals surface area contributed by atoms with Crippen LogP contribution in [0.2, 0.25) is 0 Å². The van der Waals surface area contributed by atoms with E-state index in [-0.39, 0.29) is 12.4 Å². The average molecular weight is 426 g/mol. The summed E-state index contributed by atoms with van der Waals surface area (Å²) in [4.78, 5) is 0. The predicted octanol–water partition coefficient (Wildman–Crippen LogP) is 5.93. The maximum absolute atomic E-state index is 13.8. The Morgan fingerprint density at radius 3 is 2.00 bits per heavy atom. The average Bonchev–Trinajstić information content (AvgIpc) is 2.53. The summed E-state index contributed by atoms with van der Waals surface area (Å²) in [5, 5.41) is 10.2. The van der Waals surface area contributed by atoms with E-state index >= 15 is 0 Å². The Hall–Kier alpha value is -1.65. The van der Waals surface area contributed by atoms with Crippen molar-refractivity contribution in [3.63, 3.8) is 0 Å². The molecule has 0 amide bonds. The molecule has 0 heterocycles. The van der Waals surface area contributed by atoms with E-state index in [0.29, 0.717) is 13.3 Å². The van der Waals surface area contributed by atoms with E-state index in [2.05, 4.69) is 0 Å². The minimum atomic E-state index is -7.00. The Morgan fingerprint density at radius 1 is 0.929 bits per heavy atom. The smallest absolute Gasteiger partial charge is 0.460 e. The monoisotopic (exact) mass is 426 g/mol. The lowest BCUT2D eigenvalue weighted by Gasteiger charge is -2.37. The molecule has 1 N–H and O–H groups in total. The first-order valence-electron chi connectivity index (χ1n) is 8.15. The van der Waals surface area contributed by atoms with Crippen LogP contribution in [0.3, 0.4) is 0 Å². The van der Waals surface area contributed by atoms with Crippen LogP contribution in [0, 0.1) is 0 Å². The number of unbranched alkanes of at least 4 members (excludes halogenated alkanes) is 1. The lowest BCUT2D eigenvalue weighted by atomic mass is 9.86. The van der Waals surface area contributed by atoms with Gasteiger partial charge in [0.2, 0.25) is 0 Å². The maximum Gasteiger partial charge on any atom is 0.460 e. The lowest BCUT2D eigenvalue weighted by Crippen LogP contribution is -2.62. The van der Waals surface area contributed by atoms with Gasteiger partial charge in [-0.25, -0.2) is 0 Å². The molecule has 0 fully saturated rings. The third-order valence-corrected chi connectivity index (χ3v) is 4.00. The molecule has 11 heteroatoms. The first-order valence-corrected chi connectivity index (χ1v) is 8.15. The van der Waals surface area contributed by atoms with Gasteiger partial charge >= 0.3 is 23.9 Å². The zero-order chi connectivity index (χ0) is 22.0. The first kappa shape index (κ1) is 24.4. The Balaban J connectivity index is 3.14. The van der Waals surface area contributed by atoms with Crippen LogP contribution in [0.1, 0.15) is 38.7 Å². The third kappa shape index (κ3) is 4.84. The van der Waals surface area contributed by atoms with Crippen LogP contribution in [0.15, 0.2) is 24.3 Å². The Morgan fingerprint density at radius 2 is 1.50 bits per heavy atom. The van der Waals surface area contributed by atoms with Crippen LogP contribution in [0.4, 0.5) is 39.5 Å². The summed E-state index contributed by atoms with van der Waals surface area (Å²) < 4.78 is 122. The summed E-state index contributed by atoms with van der Waals surface area (Å²) in [6, 6.07) is 4.65. The van der Waals surface area contributed by atoms with Crippen molar-refractivity contribution in [3.8, 4) is 5.75 Å². The number of hydrogen-bond acceptors (Lipinski definition) is 2. The molecule has 162 valence electrons.